The number of para-hydroxylation sites is 2. The molecule has 0 N–H and O–H groups in total. The van der Waals surface area contributed by atoms with Crippen LogP contribution < -0.4 is 0 Å². The van der Waals surface area contributed by atoms with E-state index in [0.29, 0.717) is 24.5 Å². The van der Waals surface area contributed by atoms with Gasteiger partial charge in [-0.2, -0.15) is 0 Å². The Morgan fingerprint density at radius 2 is 2.22 bits per heavy atom. The van der Waals surface area contributed by atoms with E-state index in [9.17, 15) is 4.79 Å². The van der Waals surface area contributed by atoms with Gasteiger partial charge in [-0.1, -0.05) is 17.3 Å². The van der Waals surface area contributed by atoms with E-state index >= 15 is 0 Å². The minimum absolute atomic E-state index is 0.128. The normalized spacial score (nSPS) is 17.3. The predicted molar refractivity (Wildman–Crippen MR) is 101 cm³/mol. The third-order valence-corrected chi connectivity index (χ3v) is 5.04. The summed E-state index contributed by atoms with van der Waals surface area (Å²) < 4.78 is 13.1. The van der Waals surface area contributed by atoms with E-state index in [1.807, 2.05) is 28.8 Å². The van der Waals surface area contributed by atoms with Crippen LogP contribution in [0.5, 0.6) is 0 Å². The van der Waals surface area contributed by atoms with E-state index in [-0.39, 0.29) is 12.0 Å². The number of amides is 1. The van der Waals surface area contributed by atoms with E-state index in [4.69, 9.17) is 9.26 Å². The molecule has 1 aromatic carbocycles. The van der Waals surface area contributed by atoms with Crippen LogP contribution >= 0.6 is 0 Å². The van der Waals surface area contributed by atoms with Gasteiger partial charge in [-0.25, -0.2) is 4.98 Å². The van der Waals surface area contributed by atoms with Crippen molar-refractivity contribution in [2.45, 2.75) is 38.3 Å². The molecule has 1 aliphatic heterocycles. The second kappa shape index (κ2) is 7.92. The standard InChI is InChI=1S/C20H24N4O3/c1-23(10-9-15-6-4-5-11-26-15)20(25)18-12-16(27-22-18)13-24-14-21-17-7-2-3-8-19(17)24/h2-3,7-8,12,14-15H,4-6,9-11,13H2,1H3/t15-/m0/s1. The highest BCUT2D eigenvalue weighted by atomic mass is 16.5. The Bertz CT molecular complexity index is 911. The molecule has 0 spiro atoms. The fourth-order valence-electron chi connectivity index (χ4n) is 3.46. The average Bonchev–Trinajstić information content (AvgIpc) is 3.34. The number of nitrogens with zero attached hydrogens (tertiary/aromatic N) is 4. The number of imidazole rings is 1. The second-order valence-corrected chi connectivity index (χ2v) is 7.04. The molecule has 0 unspecified atom stereocenters. The van der Waals surface area contributed by atoms with Gasteiger partial charge >= 0.3 is 0 Å². The van der Waals surface area contributed by atoms with Crippen LogP contribution in [0.1, 0.15) is 41.9 Å². The summed E-state index contributed by atoms with van der Waals surface area (Å²) in [6, 6.07) is 9.61. The second-order valence-electron chi connectivity index (χ2n) is 7.04. The molecular formula is C20H24N4O3. The van der Waals surface area contributed by atoms with Gasteiger partial charge in [-0.3, -0.25) is 4.79 Å². The molecule has 0 aliphatic carbocycles. The van der Waals surface area contributed by atoms with Crippen LogP contribution in [0, 0.1) is 0 Å². The lowest BCUT2D eigenvalue weighted by Crippen LogP contribution is -2.31. The lowest BCUT2D eigenvalue weighted by molar-refractivity contribution is 0.00703. The fourth-order valence-corrected chi connectivity index (χ4v) is 3.46. The Kier molecular flexibility index (Phi) is 5.20. The lowest BCUT2D eigenvalue weighted by Gasteiger charge is -2.24. The van der Waals surface area contributed by atoms with Crippen LogP contribution in [0.2, 0.25) is 0 Å². The maximum Gasteiger partial charge on any atom is 0.275 e. The first-order chi connectivity index (χ1) is 13.2. The summed E-state index contributed by atoms with van der Waals surface area (Å²) in [5.74, 6) is 0.502. The molecule has 3 heterocycles. The zero-order chi connectivity index (χ0) is 18.6. The largest absolute Gasteiger partial charge is 0.378 e. The summed E-state index contributed by atoms with van der Waals surface area (Å²) >= 11 is 0. The molecule has 7 nitrogen and oxygen atoms in total. The van der Waals surface area contributed by atoms with Crippen molar-refractivity contribution in [2.75, 3.05) is 20.2 Å². The minimum Gasteiger partial charge on any atom is -0.378 e. The SMILES string of the molecule is CN(CC[C@@H]1CCCCO1)C(=O)c1cc(Cn2cnc3ccccc32)on1. The number of aromatic nitrogens is 3. The highest BCUT2D eigenvalue weighted by Gasteiger charge is 2.20. The minimum atomic E-state index is -0.128. The Labute approximate surface area is 157 Å². The van der Waals surface area contributed by atoms with Gasteiger partial charge in [0.2, 0.25) is 0 Å². The Hall–Kier alpha value is -2.67. The molecule has 1 atom stereocenters. The van der Waals surface area contributed by atoms with Gasteiger partial charge in [0.15, 0.2) is 11.5 Å². The summed E-state index contributed by atoms with van der Waals surface area (Å²) in [5, 5.41) is 3.96. The van der Waals surface area contributed by atoms with Gasteiger partial charge < -0.3 is 18.7 Å². The molecule has 2 aromatic heterocycles. The van der Waals surface area contributed by atoms with Crippen LogP contribution in [0.15, 0.2) is 41.2 Å². The summed E-state index contributed by atoms with van der Waals surface area (Å²) in [7, 11) is 1.79. The summed E-state index contributed by atoms with van der Waals surface area (Å²) in [4.78, 5) is 18.6. The van der Waals surface area contributed by atoms with E-state index in [1.54, 1.807) is 24.3 Å². The van der Waals surface area contributed by atoms with Crippen molar-refractivity contribution < 1.29 is 14.1 Å². The first-order valence-corrected chi connectivity index (χ1v) is 9.43. The van der Waals surface area contributed by atoms with Crippen LogP contribution in [-0.2, 0) is 11.3 Å². The third-order valence-electron chi connectivity index (χ3n) is 5.04. The topological polar surface area (TPSA) is 73.4 Å². The Morgan fingerprint density at radius 1 is 1.33 bits per heavy atom. The molecule has 0 radical (unpaired) electrons. The fraction of sp³-hybridized carbons (Fsp3) is 0.450. The number of ether oxygens (including phenoxy) is 1. The van der Waals surface area contributed by atoms with Gasteiger partial charge in [0.05, 0.1) is 30.0 Å². The van der Waals surface area contributed by atoms with Gasteiger partial charge in [-0.15, -0.1) is 0 Å². The molecule has 1 amide bonds. The van der Waals surface area contributed by atoms with Crippen LogP contribution in [0.4, 0.5) is 0 Å². The predicted octanol–water partition coefficient (Wildman–Crippen LogP) is 3.10. The number of carbonyl (C=O) groups is 1. The summed E-state index contributed by atoms with van der Waals surface area (Å²) in [5.41, 5.74) is 2.28. The number of benzene rings is 1. The highest BCUT2D eigenvalue weighted by molar-refractivity contribution is 5.92. The Balaban J connectivity index is 1.37. The van der Waals surface area contributed by atoms with Crippen LogP contribution in [0.25, 0.3) is 11.0 Å². The van der Waals surface area contributed by atoms with Gasteiger partial charge in [0.1, 0.15) is 0 Å². The van der Waals surface area contributed by atoms with E-state index in [2.05, 4.69) is 10.1 Å². The maximum atomic E-state index is 12.6. The van der Waals surface area contributed by atoms with E-state index in [1.165, 1.54) is 6.42 Å². The van der Waals surface area contributed by atoms with Gasteiger partial charge in [0, 0.05) is 26.3 Å². The van der Waals surface area contributed by atoms with Crippen molar-refractivity contribution in [3.05, 3.63) is 48.1 Å². The van der Waals surface area contributed by atoms with Crippen molar-refractivity contribution in [3.8, 4) is 0 Å². The first-order valence-electron chi connectivity index (χ1n) is 9.43. The molecule has 7 heteroatoms. The highest BCUT2D eigenvalue weighted by Crippen LogP contribution is 2.17. The van der Waals surface area contributed by atoms with Crippen molar-refractivity contribution in [3.63, 3.8) is 0 Å². The number of fused-ring (bicyclic) bond motifs is 1. The van der Waals surface area contributed by atoms with Crippen LogP contribution in [0.3, 0.4) is 0 Å². The molecule has 4 rings (SSSR count). The maximum absolute atomic E-state index is 12.6. The molecule has 0 bridgehead atoms. The lowest BCUT2D eigenvalue weighted by atomic mass is 10.1. The van der Waals surface area contributed by atoms with Crippen molar-refractivity contribution in [1.29, 1.82) is 0 Å². The quantitative estimate of drug-likeness (QED) is 0.668. The zero-order valence-electron chi connectivity index (χ0n) is 15.5. The van der Waals surface area contributed by atoms with Crippen molar-refractivity contribution >= 4 is 16.9 Å². The molecule has 1 fully saturated rings. The van der Waals surface area contributed by atoms with Crippen LogP contribution in [-0.4, -0.2) is 51.8 Å². The molecule has 27 heavy (non-hydrogen) atoms. The molecule has 1 saturated heterocycles. The molecule has 0 saturated carbocycles. The summed E-state index contributed by atoms with van der Waals surface area (Å²) in [6.07, 6.45) is 6.31. The van der Waals surface area contributed by atoms with E-state index in [0.717, 1.165) is 36.9 Å². The number of carbonyl (C=O) groups excluding carboxylic acids is 1. The molecular weight excluding hydrogens is 344 g/mol. The molecule has 1 aliphatic rings. The smallest absolute Gasteiger partial charge is 0.275 e. The zero-order valence-corrected chi connectivity index (χ0v) is 15.5. The number of rotatable bonds is 6. The third kappa shape index (κ3) is 4.03. The molecule has 3 aromatic rings. The number of hydrogen-bond acceptors (Lipinski definition) is 5. The van der Waals surface area contributed by atoms with Gasteiger partial charge in [0.25, 0.3) is 5.91 Å². The van der Waals surface area contributed by atoms with Gasteiger partial charge in [-0.05, 0) is 37.8 Å². The van der Waals surface area contributed by atoms with Crippen molar-refractivity contribution in [1.82, 2.24) is 19.6 Å². The summed E-state index contributed by atoms with van der Waals surface area (Å²) in [6.45, 7) is 1.97. The average molecular weight is 368 g/mol. The van der Waals surface area contributed by atoms with Crippen molar-refractivity contribution in [2.24, 2.45) is 0 Å². The molecule has 142 valence electrons. The van der Waals surface area contributed by atoms with E-state index < -0.39 is 0 Å². The first kappa shape index (κ1) is 17.7. The Morgan fingerprint density at radius 3 is 3.07 bits per heavy atom. The number of hydrogen-bond donors (Lipinski definition) is 0. The monoisotopic (exact) mass is 368 g/mol.